The van der Waals surface area contributed by atoms with Crippen molar-refractivity contribution < 1.29 is 9.53 Å². The van der Waals surface area contributed by atoms with Gasteiger partial charge in [0.2, 0.25) is 0 Å². The Labute approximate surface area is 152 Å². The maximum atomic E-state index is 12.5. The van der Waals surface area contributed by atoms with E-state index >= 15 is 0 Å². The second-order valence-electron chi connectivity index (χ2n) is 5.61. The van der Waals surface area contributed by atoms with Crippen molar-refractivity contribution in [3.05, 3.63) is 83.9 Å². The van der Waals surface area contributed by atoms with Gasteiger partial charge in [0.1, 0.15) is 5.75 Å². The van der Waals surface area contributed by atoms with Gasteiger partial charge in [0, 0.05) is 16.3 Å². The van der Waals surface area contributed by atoms with Crippen LogP contribution in [0.1, 0.15) is 6.92 Å². The number of carbonyl (C=O) groups excluding carboxylic acids is 1. The standard InChI is InChI=1S/C21H18ClNO2/c1-15(25-18-13-11-17(22)12-14-18)21(24)23-20-10-6-5-9-19(20)16-7-3-2-4-8-16/h2-15H,1H3,(H,23,24). The maximum absolute atomic E-state index is 12.5. The molecule has 1 unspecified atom stereocenters. The summed E-state index contributed by atoms with van der Waals surface area (Å²) in [4.78, 5) is 12.5. The van der Waals surface area contributed by atoms with Crippen molar-refractivity contribution in [1.29, 1.82) is 0 Å². The number of rotatable bonds is 5. The molecule has 0 bridgehead atoms. The Morgan fingerprint density at radius 1 is 0.920 bits per heavy atom. The topological polar surface area (TPSA) is 38.3 Å². The van der Waals surface area contributed by atoms with E-state index in [1.807, 2.05) is 54.6 Å². The van der Waals surface area contributed by atoms with Crippen LogP contribution in [0.4, 0.5) is 5.69 Å². The summed E-state index contributed by atoms with van der Waals surface area (Å²) in [5.41, 5.74) is 2.77. The Kier molecular flexibility index (Phi) is 5.36. The first-order chi connectivity index (χ1) is 12.1. The highest BCUT2D eigenvalue weighted by Gasteiger charge is 2.16. The van der Waals surface area contributed by atoms with Crippen LogP contribution in [0.25, 0.3) is 11.1 Å². The predicted octanol–water partition coefficient (Wildman–Crippen LogP) is 5.41. The van der Waals surface area contributed by atoms with Gasteiger partial charge in [-0.05, 0) is 42.8 Å². The first kappa shape index (κ1) is 17.1. The van der Waals surface area contributed by atoms with Gasteiger partial charge >= 0.3 is 0 Å². The van der Waals surface area contributed by atoms with Crippen LogP contribution >= 0.6 is 11.6 Å². The van der Waals surface area contributed by atoms with Crippen molar-refractivity contribution >= 4 is 23.2 Å². The molecule has 3 aromatic rings. The van der Waals surface area contributed by atoms with Gasteiger partial charge in [-0.15, -0.1) is 0 Å². The molecule has 0 aliphatic heterocycles. The molecule has 126 valence electrons. The molecule has 3 rings (SSSR count). The van der Waals surface area contributed by atoms with Gasteiger partial charge in [-0.25, -0.2) is 0 Å². The van der Waals surface area contributed by atoms with E-state index in [2.05, 4.69) is 5.32 Å². The summed E-state index contributed by atoms with van der Waals surface area (Å²) in [7, 11) is 0. The first-order valence-electron chi connectivity index (χ1n) is 8.01. The fourth-order valence-electron chi connectivity index (χ4n) is 2.47. The van der Waals surface area contributed by atoms with Gasteiger partial charge in [0.25, 0.3) is 5.91 Å². The molecule has 0 fully saturated rings. The Morgan fingerprint density at radius 3 is 2.28 bits per heavy atom. The summed E-state index contributed by atoms with van der Waals surface area (Å²) >= 11 is 5.86. The molecule has 0 aromatic heterocycles. The third-order valence-corrected chi connectivity index (χ3v) is 4.02. The number of nitrogens with one attached hydrogen (secondary N) is 1. The van der Waals surface area contributed by atoms with Crippen molar-refractivity contribution in [2.24, 2.45) is 0 Å². The fourth-order valence-corrected chi connectivity index (χ4v) is 2.59. The van der Waals surface area contributed by atoms with Gasteiger partial charge in [-0.3, -0.25) is 4.79 Å². The Morgan fingerprint density at radius 2 is 1.56 bits per heavy atom. The summed E-state index contributed by atoms with van der Waals surface area (Å²) in [5.74, 6) is 0.390. The van der Waals surface area contributed by atoms with Crippen LogP contribution in [0.15, 0.2) is 78.9 Å². The molecule has 3 aromatic carbocycles. The van der Waals surface area contributed by atoms with E-state index in [9.17, 15) is 4.79 Å². The molecule has 25 heavy (non-hydrogen) atoms. The molecule has 0 saturated carbocycles. The zero-order valence-corrected chi connectivity index (χ0v) is 14.5. The molecule has 0 radical (unpaired) electrons. The number of para-hydroxylation sites is 1. The van der Waals surface area contributed by atoms with Crippen molar-refractivity contribution in [3.63, 3.8) is 0 Å². The zero-order valence-electron chi connectivity index (χ0n) is 13.8. The minimum atomic E-state index is -0.634. The molecule has 0 aliphatic rings. The lowest BCUT2D eigenvalue weighted by Crippen LogP contribution is -2.30. The van der Waals surface area contributed by atoms with Crippen LogP contribution in [0.3, 0.4) is 0 Å². The zero-order chi connectivity index (χ0) is 17.6. The van der Waals surface area contributed by atoms with Gasteiger partial charge in [-0.2, -0.15) is 0 Å². The monoisotopic (exact) mass is 351 g/mol. The lowest BCUT2D eigenvalue weighted by molar-refractivity contribution is -0.122. The van der Waals surface area contributed by atoms with Crippen LogP contribution in [0.2, 0.25) is 5.02 Å². The van der Waals surface area contributed by atoms with Gasteiger partial charge < -0.3 is 10.1 Å². The highest BCUT2D eigenvalue weighted by Crippen LogP contribution is 2.27. The van der Waals surface area contributed by atoms with Gasteiger partial charge in [0.05, 0.1) is 0 Å². The number of benzene rings is 3. The number of amides is 1. The average Bonchev–Trinajstić information content (AvgIpc) is 2.64. The highest BCUT2D eigenvalue weighted by atomic mass is 35.5. The predicted molar refractivity (Wildman–Crippen MR) is 102 cm³/mol. The summed E-state index contributed by atoms with van der Waals surface area (Å²) < 4.78 is 5.68. The molecule has 1 N–H and O–H groups in total. The number of hydrogen-bond acceptors (Lipinski definition) is 2. The number of halogens is 1. The van der Waals surface area contributed by atoms with Crippen molar-refractivity contribution in [1.82, 2.24) is 0 Å². The van der Waals surface area contributed by atoms with E-state index in [0.717, 1.165) is 16.8 Å². The van der Waals surface area contributed by atoms with Crippen LogP contribution in [-0.2, 0) is 4.79 Å². The average molecular weight is 352 g/mol. The lowest BCUT2D eigenvalue weighted by atomic mass is 10.0. The molecule has 4 heteroatoms. The normalized spacial score (nSPS) is 11.6. The fraction of sp³-hybridized carbons (Fsp3) is 0.0952. The van der Waals surface area contributed by atoms with E-state index in [0.29, 0.717) is 10.8 Å². The van der Waals surface area contributed by atoms with E-state index in [4.69, 9.17) is 16.3 Å². The van der Waals surface area contributed by atoms with Crippen molar-refractivity contribution in [2.75, 3.05) is 5.32 Å². The van der Waals surface area contributed by atoms with E-state index < -0.39 is 6.10 Å². The Bertz CT molecular complexity index is 847. The van der Waals surface area contributed by atoms with Crippen LogP contribution in [0, 0.1) is 0 Å². The van der Waals surface area contributed by atoms with E-state index in [1.165, 1.54) is 0 Å². The summed E-state index contributed by atoms with van der Waals surface area (Å²) in [6.45, 7) is 1.72. The van der Waals surface area contributed by atoms with Gasteiger partial charge in [0.15, 0.2) is 6.10 Å². The third-order valence-electron chi connectivity index (χ3n) is 3.77. The second-order valence-corrected chi connectivity index (χ2v) is 6.05. The molecule has 0 heterocycles. The van der Waals surface area contributed by atoms with Gasteiger partial charge in [-0.1, -0.05) is 60.1 Å². The molecule has 3 nitrogen and oxygen atoms in total. The van der Waals surface area contributed by atoms with Crippen molar-refractivity contribution in [2.45, 2.75) is 13.0 Å². The Balaban J connectivity index is 1.74. The molecule has 0 aliphatic carbocycles. The second kappa shape index (κ2) is 7.86. The Hall–Kier alpha value is -2.78. The van der Waals surface area contributed by atoms with Crippen LogP contribution in [-0.4, -0.2) is 12.0 Å². The summed E-state index contributed by atoms with van der Waals surface area (Å²) in [6, 6.07) is 24.6. The highest BCUT2D eigenvalue weighted by molar-refractivity contribution is 6.30. The molecule has 0 spiro atoms. The van der Waals surface area contributed by atoms with Crippen LogP contribution in [0.5, 0.6) is 5.75 Å². The minimum Gasteiger partial charge on any atom is -0.481 e. The minimum absolute atomic E-state index is 0.210. The molecule has 0 saturated heterocycles. The quantitative estimate of drug-likeness (QED) is 0.667. The lowest BCUT2D eigenvalue weighted by Gasteiger charge is -2.16. The van der Waals surface area contributed by atoms with E-state index in [-0.39, 0.29) is 5.91 Å². The molecule has 1 amide bonds. The molecular formula is C21H18ClNO2. The number of hydrogen-bond donors (Lipinski definition) is 1. The molecular weight excluding hydrogens is 334 g/mol. The summed E-state index contributed by atoms with van der Waals surface area (Å²) in [6.07, 6.45) is -0.634. The number of anilines is 1. The maximum Gasteiger partial charge on any atom is 0.265 e. The third kappa shape index (κ3) is 4.40. The SMILES string of the molecule is CC(Oc1ccc(Cl)cc1)C(=O)Nc1ccccc1-c1ccccc1. The number of ether oxygens (including phenoxy) is 1. The molecule has 1 atom stereocenters. The van der Waals surface area contributed by atoms with E-state index in [1.54, 1.807) is 31.2 Å². The van der Waals surface area contributed by atoms with Crippen LogP contribution < -0.4 is 10.1 Å². The smallest absolute Gasteiger partial charge is 0.265 e. The first-order valence-corrected chi connectivity index (χ1v) is 8.39. The van der Waals surface area contributed by atoms with Crippen molar-refractivity contribution in [3.8, 4) is 16.9 Å². The summed E-state index contributed by atoms with van der Waals surface area (Å²) in [5, 5.41) is 3.58. The largest absolute Gasteiger partial charge is 0.481 e. The number of carbonyl (C=O) groups is 1.